The van der Waals surface area contributed by atoms with E-state index < -0.39 is 0 Å². The topological polar surface area (TPSA) is 89.6 Å². The molecule has 0 spiro atoms. The maximum Gasteiger partial charge on any atom is 0.265 e. The highest BCUT2D eigenvalue weighted by atomic mass is 32.1. The summed E-state index contributed by atoms with van der Waals surface area (Å²) in [6, 6.07) is 6.11. The molecule has 1 heterocycles. The number of hydrogen-bond acceptors (Lipinski definition) is 5. The molecule has 0 saturated heterocycles. The minimum atomic E-state index is -0.258. The van der Waals surface area contributed by atoms with E-state index in [2.05, 4.69) is 43.2 Å². The van der Waals surface area contributed by atoms with Gasteiger partial charge in [0.25, 0.3) is 5.91 Å². The number of thiazole rings is 1. The van der Waals surface area contributed by atoms with Crippen LogP contribution in [0.3, 0.4) is 0 Å². The van der Waals surface area contributed by atoms with E-state index in [4.69, 9.17) is 10.6 Å². The van der Waals surface area contributed by atoms with Crippen molar-refractivity contribution >= 4 is 28.8 Å². The Labute approximate surface area is 164 Å². The highest BCUT2D eigenvalue weighted by Crippen LogP contribution is 2.32. The molecule has 1 amide bonds. The highest BCUT2D eigenvalue weighted by molar-refractivity contribution is 7.09. The molecule has 0 aliphatic heterocycles. The molecule has 0 atom stereocenters. The number of oxime groups is 1. The van der Waals surface area contributed by atoms with Gasteiger partial charge in [0.05, 0.1) is 17.1 Å². The number of para-hydroxylation sites is 1. The molecule has 146 valence electrons. The van der Waals surface area contributed by atoms with Gasteiger partial charge in [-0.15, -0.1) is 11.3 Å². The zero-order chi connectivity index (χ0) is 20.0. The standard InChI is InChI=1S/C20H28N4O2S/c1-12(2)16-7-6-8-17(13(3)4)20(16)23-19(25)10-26-24-18(21)9-15-11-27-14(5)22-15/h6-8,11-13H,9-10H2,1-5H3,(H2,21,24)(H,23,25). The van der Waals surface area contributed by atoms with Crippen LogP contribution in [0.5, 0.6) is 0 Å². The van der Waals surface area contributed by atoms with Crippen LogP contribution in [-0.2, 0) is 16.1 Å². The summed E-state index contributed by atoms with van der Waals surface area (Å²) in [6.07, 6.45) is 0.402. The molecule has 27 heavy (non-hydrogen) atoms. The van der Waals surface area contributed by atoms with Crippen molar-refractivity contribution in [3.8, 4) is 0 Å². The van der Waals surface area contributed by atoms with Gasteiger partial charge in [0, 0.05) is 11.1 Å². The van der Waals surface area contributed by atoms with Gasteiger partial charge in [0.1, 0.15) is 5.84 Å². The summed E-state index contributed by atoms with van der Waals surface area (Å²) in [6.45, 7) is 10.2. The van der Waals surface area contributed by atoms with Crippen molar-refractivity contribution in [1.82, 2.24) is 4.98 Å². The Balaban J connectivity index is 1.98. The van der Waals surface area contributed by atoms with E-state index in [0.29, 0.717) is 24.1 Å². The van der Waals surface area contributed by atoms with E-state index in [9.17, 15) is 4.79 Å². The van der Waals surface area contributed by atoms with Gasteiger partial charge in [-0.2, -0.15) is 0 Å². The zero-order valence-corrected chi connectivity index (χ0v) is 17.4. The normalized spacial score (nSPS) is 11.9. The predicted molar refractivity (Wildman–Crippen MR) is 111 cm³/mol. The number of carbonyl (C=O) groups is 1. The predicted octanol–water partition coefficient (Wildman–Crippen LogP) is 4.17. The Hall–Kier alpha value is -2.41. The van der Waals surface area contributed by atoms with Gasteiger partial charge in [-0.3, -0.25) is 4.79 Å². The Morgan fingerprint density at radius 2 is 1.89 bits per heavy atom. The number of carbonyl (C=O) groups excluding carboxylic acids is 1. The quantitative estimate of drug-likeness (QED) is 0.403. The van der Waals surface area contributed by atoms with E-state index in [-0.39, 0.29) is 12.5 Å². The molecule has 1 aromatic carbocycles. The molecular weight excluding hydrogens is 360 g/mol. The second-order valence-electron chi connectivity index (χ2n) is 7.06. The van der Waals surface area contributed by atoms with Gasteiger partial charge in [0.15, 0.2) is 6.61 Å². The number of amides is 1. The van der Waals surface area contributed by atoms with Crippen molar-refractivity contribution in [2.45, 2.75) is 52.9 Å². The third-order valence-electron chi connectivity index (χ3n) is 4.04. The van der Waals surface area contributed by atoms with Crippen LogP contribution < -0.4 is 11.1 Å². The lowest BCUT2D eigenvalue weighted by atomic mass is 9.92. The minimum Gasteiger partial charge on any atom is -0.384 e. The van der Waals surface area contributed by atoms with Gasteiger partial charge < -0.3 is 15.9 Å². The number of amidine groups is 1. The van der Waals surface area contributed by atoms with Crippen LogP contribution in [-0.4, -0.2) is 23.3 Å². The number of aromatic nitrogens is 1. The second kappa shape index (κ2) is 9.50. The summed E-state index contributed by atoms with van der Waals surface area (Å²) in [4.78, 5) is 21.8. The van der Waals surface area contributed by atoms with Gasteiger partial charge >= 0.3 is 0 Å². The Morgan fingerprint density at radius 3 is 2.41 bits per heavy atom. The molecule has 3 N–H and O–H groups in total. The average molecular weight is 389 g/mol. The molecule has 0 bridgehead atoms. The number of anilines is 1. The first-order chi connectivity index (χ1) is 12.8. The van der Waals surface area contributed by atoms with Gasteiger partial charge in [-0.05, 0) is 29.9 Å². The van der Waals surface area contributed by atoms with E-state index in [1.54, 1.807) is 11.3 Å². The number of nitrogens with two attached hydrogens (primary N) is 1. The van der Waals surface area contributed by atoms with Gasteiger partial charge in [-0.25, -0.2) is 4.98 Å². The highest BCUT2D eigenvalue weighted by Gasteiger charge is 2.16. The molecular formula is C20H28N4O2S. The van der Waals surface area contributed by atoms with Crippen molar-refractivity contribution < 1.29 is 9.63 Å². The van der Waals surface area contributed by atoms with E-state index in [0.717, 1.165) is 27.5 Å². The summed E-state index contributed by atoms with van der Waals surface area (Å²) in [5, 5.41) is 9.71. The largest absolute Gasteiger partial charge is 0.384 e. The molecule has 2 rings (SSSR count). The molecule has 6 nitrogen and oxygen atoms in total. The number of rotatable bonds is 8. The number of nitrogens with zero attached hydrogens (tertiary/aromatic N) is 2. The van der Waals surface area contributed by atoms with E-state index >= 15 is 0 Å². The molecule has 7 heteroatoms. The summed E-state index contributed by atoms with van der Waals surface area (Å²) in [5.41, 5.74) is 9.77. The van der Waals surface area contributed by atoms with Crippen molar-refractivity contribution in [3.63, 3.8) is 0 Å². The summed E-state index contributed by atoms with van der Waals surface area (Å²) in [7, 11) is 0. The number of hydrogen-bond donors (Lipinski definition) is 2. The third-order valence-corrected chi connectivity index (χ3v) is 4.87. The Kier molecular flexibility index (Phi) is 7.36. The summed E-state index contributed by atoms with van der Waals surface area (Å²) >= 11 is 1.56. The van der Waals surface area contributed by atoms with Crippen LogP contribution >= 0.6 is 11.3 Å². The SMILES string of the molecule is Cc1nc(CC(N)=NOCC(=O)Nc2c(C(C)C)cccc2C(C)C)cs1. The van der Waals surface area contributed by atoms with Crippen molar-refractivity contribution in [1.29, 1.82) is 0 Å². The lowest BCUT2D eigenvalue weighted by Gasteiger charge is -2.20. The molecule has 0 aliphatic carbocycles. The number of benzene rings is 1. The van der Waals surface area contributed by atoms with Crippen LogP contribution in [0, 0.1) is 6.92 Å². The van der Waals surface area contributed by atoms with Crippen LogP contribution in [0.25, 0.3) is 0 Å². The lowest BCUT2D eigenvalue weighted by Crippen LogP contribution is -2.21. The monoisotopic (exact) mass is 388 g/mol. The molecule has 1 aromatic heterocycles. The minimum absolute atomic E-state index is 0.194. The first-order valence-corrected chi connectivity index (χ1v) is 9.93. The first kappa shape index (κ1) is 20.9. The van der Waals surface area contributed by atoms with Gasteiger partial charge in [-0.1, -0.05) is 51.0 Å². The van der Waals surface area contributed by atoms with Crippen LogP contribution in [0.1, 0.15) is 61.4 Å². The maximum atomic E-state index is 12.3. The van der Waals surface area contributed by atoms with Crippen LogP contribution in [0.2, 0.25) is 0 Å². The molecule has 2 aromatic rings. The van der Waals surface area contributed by atoms with Crippen molar-refractivity contribution in [3.05, 3.63) is 45.4 Å². The number of nitrogens with one attached hydrogen (secondary N) is 1. The lowest BCUT2D eigenvalue weighted by molar-refractivity contribution is -0.120. The van der Waals surface area contributed by atoms with Gasteiger partial charge in [0.2, 0.25) is 0 Å². The summed E-state index contributed by atoms with van der Waals surface area (Å²) < 4.78 is 0. The molecule has 0 radical (unpaired) electrons. The van der Waals surface area contributed by atoms with E-state index in [1.165, 1.54) is 0 Å². The van der Waals surface area contributed by atoms with Crippen molar-refractivity contribution in [2.75, 3.05) is 11.9 Å². The fourth-order valence-electron chi connectivity index (χ4n) is 2.75. The maximum absolute atomic E-state index is 12.3. The fraction of sp³-hybridized carbons (Fsp3) is 0.450. The Morgan fingerprint density at radius 1 is 1.26 bits per heavy atom. The smallest absolute Gasteiger partial charge is 0.265 e. The fourth-order valence-corrected chi connectivity index (χ4v) is 3.36. The number of aryl methyl sites for hydroxylation is 1. The van der Waals surface area contributed by atoms with Crippen LogP contribution in [0.15, 0.2) is 28.7 Å². The van der Waals surface area contributed by atoms with E-state index in [1.807, 2.05) is 30.5 Å². The summed E-state index contributed by atoms with van der Waals surface area (Å²) in [5.74, 6) is 0.634. The van der Waals surface area contributed by atoms with Crippen molar-refractivity contribution in [2.24, 2.45) is 10.9 Å². The molecule has 0 saturated carbocycles. The molecule has 0 unspecified atom stereocenters. The average Bonchev–Trinajstić information content (AvgIpc) is 2.99. The van der Waals surface area contributed by atoms with Crippen LogP contribution in [0.4, 0.5) is 5.69 Å². The molecule has 0 fully saturated rings. The molecule has 0 aliphatic rings. The first-order valence-electron chi connectivity index (χ1n) is 9.05. The zero-order valence-electron chi connectivity index (χ0n) is 16.6. The third kappa shape index (κ3) is 6.06. The Bertz CT molecular complexity index is 786. The second-order valence-corrected chi connectivity index (χ2v) is 8.12.